The van der Waals surface area contributed by atoms with Gasteiger partial charge in [-0.15, -0.1) is 11.6 Å². The van der Waals surface area contributed by atoms with E-state index in [1.165, 1.54) is 25.7 Å². The van der Waals surface area contributed by atoms with Crippen LogP contribution in [0.25, 0.3) is 11.2 Å². The molecule has 1 saturated carbocycles. The van der Waals surface area contributed by atoms with E-state index in [4.69, 9.17) is 16.3 Å². The molecule has 114 valence electrons. The van der Waals surface area contributed by atoms with Crippen LogP contribution in [0.3, 0.4) is 0 Å². The molecule has 0 amide bonds. The number of alkyl halides is 1. The zero-order valence-corrected chi connectivity index (χ0v) is 14.4. The van der Waals surface area contributed by atoms with Crippen molar-refractivity contribution in [3.8, 4) is 0 Å². The molecule has 2 heterocycles. The van der Waals surface area contributed by atoms with Gasteiger partial charge in [-0.3, -0.25) is 0 Å². The van der Waals surface area contributed by atoms with E-state index >= 15 is 0 Å². The molecule has 1 unspecified atom stereocenters. The molecule has 3 rings (SSSR count). The normalized spacial score (nSPS) is 17.7. The molecule has 0 aromatic carbocycles. The van der Waals surface area contributed by atoms with Gasteiger partial charge < -0.3 is 9.30 Å². The van der Waals surface area contributed by atoms with E-state index in [0.29, 0.717) is 12.7 Å². The topological polar surface area (TPSA) is 39.9 Å². The van der Waals surface area contributed by atoms with Gasteiger partial charge in [0.25, 0.3) is 0 Å². The average Bonchev–Trinajstić information content (AvgIpc) is 3.06. The smallest absolute Gasteiger partial charge is 0.160 e. The highest BCUT2D eigenvalue weighted by molar-refractivity contribution is 9.10. The molecule has 4 nitrogen and oxygen atoms in total. The zero-order valence-electron chi connectivity index (χ0n) is 12.1. The van der Waals surface area contributed by atoms with Crippen molar-refractivity contribution in [2.24, 2.45) is 0 Å². The monoisotopic (exact) mass is 371 g/mol. The van der Waals surface area contributed by atoms with Gasteiger partial charge in [-0.05, 0) is 41.8 Å². The van der Waals surface area contributed by atoms with E-state index in [0.717, 1.165) is 28.0 Å². The Labute approximate surface area is 138 Å². The van der Waals surface area contributed by atoms with Gasteiger partial charge in [0.15, 0.2) is 5.65 Å². The van der Waals surface area contributed by atoms with Crippen LogP contribution in [0.2, 0.25) is 0 Å². The number of aromatic nitrogens is 3. The van der Waals surface area contributed by atoms with E-state index in [9.17, 15) is 0 Å². The number of pyridine rings is 1. The average molecular weight is 373 g/mol. The highest BCUT2D eigenvalue weighted by atomic mass is 79.9. The van der Waals surface area contributed by atoms with Crippen LogP contribution in [0.1, 0.15) is 43.8 Å². The van der Waals surface area contributed by atoms with Gasteiger partial charge in [0.1, 0.15) is 11.3 Å². The summed E-state index contributed by atoms with van der Waals surface area (Å²) in [6, 6.07) is 1.97. The van der Waals surface area contributed by atoms with Crippen LogP contribution in [0, 0.1) is 0 Å². The van der Waals surface area contributed by atoms with Crippen molar-refractivity contribution in [2.75, 3.05) is 6.61 Å². The van der Waals surface area contributed by atoms with Gasteiger partial charge in [0.05, 0.1) is 18.1 Å². The second-order valence-electron chi connectivity index (χ2n) is 5.51. The summed E-state index contributed by atoms with van der Waals surface area (Å²) >= 11 is 9.69. The number of nitrogens with zero attached hydrogens (tertiary/aromatic N) is 3. The van der Waals surface area contributed by atoms with Crippen LogP contribution in [0.4, 0.5) is 0 Å². The van der Waals surface area contributed by atoms with Crippen molar-refractivity contribution < 1.29 is 4.74 Å². The maximum Gasteiger partial charge on any atom is 0.160 e. The minimum Gasteiger partial charge on any atom is -0.376 e. The molecular weight excluding hydrogens is 354 g/mol. The number of rotatable bonds is 5. The molecule has 2 aromatic rings. The summed E-state index contributed by atoms with van der Waals surface area (Å²) < 4.78 is 8.96. The molecule has 0 spiro atoms. The molecule has 1 aliphatic carbocycles. The lowest BCUT2D eigenvalue weighted by Gasteiger charge is -2.13. The first-order valence-electron chi connectivity index (χ1n) is 7.42. The van der Waals surface area contributed by atoms with Crippen LogP contribution in [0.15, 0.2) is 16.7 Å². The van der Waals surface area contributed by atoms with E-state index in [1.807, 2.05) is 13.0 Å². The minimum absolute atomic E-state index is 0.149. The molecular formula is C15H19BrClN3O. The number of hydrogen-bond acceptors (Lipinski definition) is 3. The lowest BCUT2D eigenvalue weighted by Crippen LogP contribution is -2.15. The van der Waals surface area contributed by atoms with Crippen LogP contribution < -0.4 is 0 Å². The summed E-state index contributed by atoms with van der Waals surface area (Å²) in [6.45, 7) is 3.37. The Kier molecular flexibility index (Phi) is 4.82. The van der Waals surface area contributed by atoms with Crippen LogP contribution in [-0.4, -0.2) is 27.2 Å². The maximum absolute atomic E-state index is 6.26. The van der Waals surface area contributed by atoms with Crippen molar-refractivity contribution in [3.63, 3.8) is 0 Å². The highest BCUT2D eigenvalue weighted by Gasteiger charge is 2.18. The Morgan fingerprint density at radius 2 is 2.24 bits per heavy atom. The third-order valence-electron chi connectivity index (χ3n) is 3.91. The molecule has 0 aliphatic heterocycles. The number of hydrogen-bond donors (Lipinski definition) is 0. The van der Waals surface area contributed by atoms with Crippen LogP contribution in [-0.2, 0) is 11.3 Å². The lowest BCUT2D eigenvalue weighted by atomic mass is 10.3. The third-order valence-corrected chi connectivity index (χ3v) is 4.54. The van der Waals surface area contributed by atoms with Crippen molar-refractivity contribution in [3.05, 3.63) is 22.6 Å². The fourth-order valence-electron chi connectivity index (χ4n) is 2.89. The lowest BCUT2D eigenvalue weighted by molar-refractivity contribution is 0.0530. The molecule has 1 aliphatic rings. The first kappa shape index (κ1) is 15.3. The molecule has 0 saturated heterocycles. The van der Waals surface area contributed by atoms with Crippen LogP contribution >= 0.6 is 27.5 Å². The summed E-state index contributed by atoms with van der Waals surface area (Å²) in [7, 11) is 0. The molecule has 21 heavy (non-hydrogen) atoms. The standard InChI is InChI=1S/C15H19BrClN3O/c1-10(17)14-19-13-8-11(16)9-18-15(13)20(14)6-7-21-12-4-2-3-5-12/h8-10,12H,2-7H2,1H3. The summed E-state index contributed by atoms with van der Waals surface area (Å²) in [6.07, 6.45) is 7.18. The minimum atomic E-state index is -0.149. The van der Waals surface area contributed by atoms with Crippen LogP contribution in [0.5, 0.6) is 0 Å². The Morgan fingerprint density at radius 3 is 2.95 bits per heavy atom. The van der Waals surface area contributed by atoms with Crippen molar-refractivity contribution in [1.29, 1.82) is 0 Å². The maximum atomic E-state index is 6.26. The van der Waals surface area contributed by atoms with Gasteiger partial charge in [-0.2, -0.15) is 0 Å². The molecule has 6 heteroatoms. The molecule has 1 fully saturated rings. The molecule has 0 bridgehead atoms. The zero-order chi connectivity index (χ0) is 14.8. The first-order chi connectivity index (χ1) is 10.1. The SMILES string of the molecule is CC(Cl)c1nc2cc(Br)cnc2n1CCOC1CCCC1. The highest BCUT2D eigenvalue weighted by Crippen LogP contribution is 2.26. The van der Waals surface area contributed by atoms with E-state index in [1.54, 1.807) is 6.20 Å². The van der Waals surface area contributed by atoms with Gasteiger partial charge in [0.2, 0.25) is 0 Å². The molecule has 0 radical (unpaired) electrons. The second-order valence-corrected chi connectivity index (χ2v) is 7.08. The molecule has 2 aromatic heterocycles. The van der Waals surface area contributed by atoms with E-state index in [-0.39, 0.29) is 5.38 Å². The first-order valence-corrected chi connectivity index (χ1v) is 8.65. The van der Waals surface area contributed by atoms with Gasteiger partial charge in [-0.25, -0.2) is 9.97 Å². The van der Waals surface area contributed by atoms with Crippen molar-refractivity contribution in [1.82, 2.24) is 14.5 Å². The quantitative estimate of drug-likeness (QED) is 0.728. The number of fused-ring (bicyclic) bond motifs is 1. The summed E-state index contributed by atoms with van der Waals surface area (Å²) in [5.41, 5.74) is 1.74. The largest absolute Gasteiger partial charge is 0.376 e. The summed E-state index contributed by atoms with van der Waals surface area (Å²) in [5, 5.41) is -0.149. The third kappa shape index (κ3) is 3.41. The Hall–Kier alpha value is -0.650. The Morgan fingerprint density at radius 1 is 1.48 bits per heavy atom. The fraction of sp³-hybridized carbons (Fsp3) is 0.600. The van der Waals surface area contributed by atoms with E-state index < -0.39 is 0 Å². The predicted octanol–water partition coefficient (Wildman–Crippen LogP) is 4.45. The van der Waals surface area contributed by atoms with Gasteiger partial charge in [-0.1, -0.05) is 12.8 Å². The Balaban J connectivity index is 1.79. The number of imidazole rings is 1. The van der Waals surface area contributed by atoms with E-state index in [2.05, 4.69) is 30.5 Å². The molecule has 0 N–H and O–H groups in total. The predicted molar refractivity (Wildman–Crippen MR) is 87.7 cm³/mol. The van der Waals surface area contributed by atoms with Gasteiger partial charge in [0, 0.05) is 17.2 Å². The molecule has 1 atom stereocenters. The van der Waals surface area contributed by atoms with Gasteiger partial charge >= 0.3 is 0 Å². The summed E-state index contributed by atoms with van der Waals surface area (Å²) in [4.78, 5) is 9.08. The fourth-order valence-corrected chi connectivity index (χ4v) is 3.38. The Bertz CT molecular complexity index is 623. The summed E-state index contributed by atoms with van der Waals surface area (Å²) in [5.74, 6) is 0.854. The van der Waals surface area contributed by atoms with Crippen molar-refractivity contribution >= 4 is 38.7 Å². The number of ether oxygens (including phenoxy) is 1. The second kappa shape index (κ2) is 6.63. The number of halogens is 2. The van der Waals surface area contributed by atoms with Crippen molar-refractivity contribution in [2.45, 2.75) is 50.6 Å².